The maximum Gasteiger partial charge on any atom is 0.328 e. The third-order valence-electron chi connectivity index (χ3n) is 2.87. The van der Waals surface area contributed by atoms with Crippen LogP contribution < -0.4 is 0 Å². The molecule has 0 fully saturated rings. The van der Waals surface area contributed by atoms with Gasteiger partial charge >= 0.3 is 5.97 Å². The minimum absolute atomic E-state index is 0.405. The van der Waals surface area contributed by atoms with Crippen molar-refractivity contribution in [1.29, 1.82) is 0 Å². The van der Waals surface area contributed by atoms with Crippen molar-refractivity contribution in [2.45, 2.75) is 59.3 Å². The molecule has 2 heteroatoms. The molecule has 15 heavy (non-hydrogen) atoms. The Bertz CT molecular complexity index is 207. The summed E-state index contributed by atoms with van der Waals surface area (Å²) in [6.45, 7) is 6.22. The van der Waals surface area contributed by atoms with Gasteiger partial charge in [0.05, 0.1) is 0 Å². The first kappa shape index (κ1) is 14.2. The van der Waals surface area contributed by atoms with E-state index in [4.69, 9.17) is 5.11 Å². The van der Waals surface area contributed by atoms with E-state index in [1.807, 2.05) is 6.92 Å². The van der Waals surface area contributed by atoms with E-state index in [1.54, 1.807) is 0 Å². The quantitative estimate of drug-likeness (QED) is 0.487. The second-order valence-corrected chi connectivity index (χ2v) is 4.33. The van der Waals surface area contributed by atoms with Crippen LogP contribution in [-0.4, -0.2) is 11.1 Å². The highest BCUT2D eigenvalue weighted by atomic mass is 16.4. The van der Waals surface area contributed by atoms with Gasteiger partial charge in [0.2, 0.25) is 0 Å². The van der Waals surface area contributed by atoms with Crippen molar-refractivity contribution < 1.29 is 9.90 Å². The molecule has 0 aromatic carbocycles. The van der Waals surface area contributed by atoms with E-state index in [1.165, 1.54) is 38.2 Å². The lowest BCUT2D eigenvalue weighted by Crippen LogP contribution is -2.00. The summed E-state index contributed by atoms with van der Waals surface area (Å²) in [7, 11) is 0. The zero-order chi connectivity index (χ0) is 11.7. The number of allylic oxidation sites excluding steroid dienone is 1. The summed E-state index contributed by atoms with van der Waals surface area (Å²) in [5.74, 6) is -0.423. The molecule has 1 atom stereocenters. The van der Waals surface area contributed by atoms with Gasteiger partial charge < -0.3 is 5.11 Å². The van der Waals surface area contributed by atoms with E-state index >= 15 is 0 Å². The molecule has 0 aliphatic carbocycles. The number of carboxylic acids is 1. The van der Waals surface area contributed by atoms with Crippen molar-refractivity contribution in [3.05, 3.63) is 11.6 Å². The fourth-order valence-corrected chi connectivity index (χ4v) is 1.62. The second kappa shape index (κ2) is 8.51. The number of aliphatic carboxylic acids is 1. The molecular formula is C13H24O2. The Morgan fingerprint density at radius 1 is 1.27 bits per heavy atom. The first-order valence-electron chi connectivity index (χ1n) is 5.99. The third kappa shape index (κ3) is 8.22. The van der Waals surface area contributed by atoms with Crippen LogP contribution in [0.5, 0.6) is 0 Å². The van der Waals surface area contributed by atoms with Crippen molar-refractivity contribution in [1.82, 2.24) is 0 Å². The van der Waals surface area contributed by atoms with Gasteiger partial charge in [0, 0.05) is 6.08 Å². The minimum atomic E-state index is -0.828. The molecule has 0 aliphatic heterocycles. The van der Waals surface area contributed by atoms with Crippen LogP contribution in [0.4, 0.5) is 0 Å². The molecule has 0 radical (unpaired) electrons. The average Bonchev–Trinajstić information content (AvgIpc) is 2.16. The second-order valence-electron chi connectivity index (χ2n) is 4.33. The molecule has 1 unspecified atom stereocenters. The van der Waals surface area contributed by atoms with E-state index in [2.05, 4.69) is 13.8 Å². The lowest BCUT2D eigenvalue weighted by atomic mass is 9.95. The van der Waals surface area contributed by atoms with Crippen molar-refractivity contribution in [3.63, 3.8) is 0 Å². The Hall–Kier alpha value is -0.790. The fraction of sp³-hybridized carbons (Fsp3) is 0.769. The molecule has 0 spiro atoms. The number of unbranched alkanes of at least 4 members (excludes halogenated alkanes) is 4. The van der Waals surface area contributed by atoms with Crippen LogP contribution in [0.1, 0.15) is 59.3 Å². The number of rotatable bonds is 8. The maximum atomic E-state index is 10.5. The Labute approximate surface area is 93.4 Å². The monoisotopic (exact) mass is 212 g/mol. The van der Waals surface area contributed by atoms with Gasteiger partial charge in [0.1, 0.15) is 0 Å². The lowest BCUT2D eigenvalue weighted by molar-refractivity contribution is -0.131. The summed E-state index contributed by atoms with van der Waals surface area (Å²) in [6.07, 6.45) is 8.83. The molecule has 0 amide bonds. The average molecular weight is 212 g/mol. The lowest BCUT2D eigenvalue weighted by Gasteiger charge is -2.11. The smallest absolute Gasteiger partial charge is 0.328 e. The SMILES string of the molecule is CCCCCCCC(C)/C(C)=C/C(=O)O. The molecule has 88 valence electrons. The summed E-state index contributed by atoms with van der Waals surface area (Å²) in [5, 5.41) is 8.60. The number of hydrogen-bond acceptors (Lipinski definition) is 1. The van der Waals surface area contributed by atoms with Crippen LogP contribution in [0.25, 0.3) is 0 Å². The molecule has 0 bridgehead atoms. The summed E-state index contributed by atoms with van der Waals surface area (Å²) < 4.78 is 0. The van der Waals surface area contributed by atoms with Crippen molar-refractivity contribution in [2.75, 3.05) is 0 Å². The van der Waals surface area contributed by atoms with E-state index in [9.17, 15) is 4.79 Å². The van der Waals surface area contributed by atoms with E-state index in [0.717, 1.165) is 12.0 Å². The molecule has 0 aromatic rings. The predicted molar refractivity (Wildman–Crippen MR) is 63.9 cm³/mol. The van der Waals surface area contributed by atoms with E-state index in [-0.39, 0.29) is 0 Å². The first-order valence-corrected chi connectivity index (χ1v) is 5.99. The third-order valence-corrected chi connectivity index (χ3v) is 2.87. The van der Waals surface area contributed by atoms with Gasteiger partial charge in [-0.25, -0.2) is 4.79 Å². The van der Waals surface area contributed by atoms with Crippen molar-refractivity contribution >= 4 is 5.97 Å². The topological polar surface area (TPSA) is 37.3 Å². The standard InChI is InChI=1S/C13H24O2/c1-4-5-6-7-8-9-11(2)12(3)10-13(14)15/h10-11H,4-9H2,1-3H3,(H,14,15)/b12-10+. The van der Waals surface area contributed by atoms with Gasteiger partial charge in [-0.05, 0) is 19.3 Å². The molecule has 0 heterocycles. The molecule has 0 rings (SSSR count). The molecule has 0 aliphatic rings. The van der Waals surface area contributed by atoms with Gasteiger partial charge in [-0.2, -0.15) is 0 Å². The summed E-state index contributed by atoms with van der Waals surface area (Å²) in [6, 6.07) is 0. The molecule has 0 saturated carbocycles. The Morgan fingerprint density at radius 3 is 2.40 bits per heavy atom. The molecule has 0 saturated heterocycles. The van der Waals surface area contributed by atoms with Gasteiger partial charge in [-0.1, -0.05) is 51.5 Å². The predicted octanol–water partition coefficient (Wildman–Crippen LogP) is 4.01. The van der Waals surface area contributed by atoms with Gasteiger partial charge in [0.25, 0.3) is 0 Å². The highest BCUT2D eigenvalue weighted by molar-refractivity contribution is 5.80. The Morgan fingerprint density at radius 2 is 1.87 bits per heavy atom. The Kier molecular flexibility index (Phi) is 8.06. The number of hydrogen-bond donors (Lipinski definition) is 1. The van der Waals surface area contributed by atoms with Gasteiger partial charge in [-0.3, -0.25) is 0 Å². The molecule has 2 nitrogen and oxygen atoms in total. The highest BCUT2D eigenvalue weighted by Crippen LogP contribution is 2.18. The van der Waals surface area contributed by atoms with Crippen LogP contribution >= 0.6 is 0 Å². The van der Waals surface area contributed by atoms with Crippen molar-refractivity contribution in [3.8, 4) is 0 Å². The number of carboxylic acid groups (broad SMARTS) is 1. The number of carbonyl (C=O) groups is 1. The Balaban J connectivity index is 3.64. The zero-order valence-electron chi connectivity index (χ0n) is 10.3. The summed E-state index contributed by atoms with van der Waals surface area (Å²) >= 11 is 0. The van der Waals surface area contributed by atoms with Crippen LogP contribution in [0, 0.1) is 5.92 Å². The highest BCUT2D eigenvalue weighted by Gasteiger charge is 2.05. The van der Waals surface area contributed by atoms with Crippen LogP contribution in [-0.2, 0) is 4.79 Å². The van der Waals surface area contributed by atoms with Crippen LogP contribution in [0.15, 0.2) is 11.6 Å². The fourth-order valence-electron chi connectivity index (χ4n) is 1.62. The van der Waals surface area contributed by atoms with Crippen molar-refractivity contribution in [2.24, 2.45) is 5.92 Å². The van der Waals surface area contributed by atoms with Crippen LogP contribution in [0.3, 0.4) is 0 Å². The van der Waals surface area contributed by atoms with E-state index < -0.39 is 5.97 Å². The van der Waals surface area contributed by atoms with Crippen LogP contribution in [0.2, 0.25) is 0 Å². The molecular weight excluding hydrogens is 188 g/mol. The first-order chi connectivity index (χ1) is 7.07. The minimum Gasteiger partial charge on any atom is -0.478 e. The largest absolute Gasteiger partial charge is 0.478 e. The zero-order valence-corrected chi connectivity index (χ0v) is 10.3. The normalized spacial score (nSPS) is 13.9. The maximum absolute atomic E-state index is 10.5. The molecule has 1 N–H and O–H groups in total. The van der Waals surface area contributed by atoms with Gasteiger partial charge in [-0.15, -0.1) is 0 Å². The van der Waals surface area contributed by atoms with Gasteiger partial charge in [0.15, 0.2) is 0 Å². The molecule has 0 aromatic heterocycles. The summed E-state index contributed by atoms with van der Waals surface area (Å²) in [4.78, 5) is 10.5. The summed E-state index contributed by atoms with van der Waals surface area (Å²) in [5.41, 5.74) is 0.984. The van der Waals surface area contributed by atoms with E-state index in [0.29, 0.717) is 5.92 Å².